The Labute approximate surface area is 194 Å². The van der Waals surface area contributed by atoms with E-state index >= 15 is 0 Å². The third-order valence-corrected chi connectivity index (χ3v) is 4.87. The first kappa shape index (κ1) is 25.8. The highest BCUT2D eigenvalue weighted by Gasteiger charge is 2.37. The molecule has 0 bridgehead atoms. The second kappa shape index (κ2) is 9.84. The zero-order valence-corrected chi connectivity index (χ0v) is 18.1. The van der Waals surface area contributed by atoms with Crippen LogP contribution in [0.1, 0.15) is 46.2 Å². The topological polar surface area (TPSA) is 106 Å². The Balaban J connectivity index is 1.70. The fraction of sp³-hybridized carbons (Fsp3) is 0.400. The Morgan fingerprint density at radius 1 is 0.971 bits per heavy atom. The van der Waals surface area contributed by atoms with Gasteiger partial charge in [-0.15, -0.1) is 0 Å². The summed E-state index contributed by atoms with van der Waals surface area (Å²) < 4.78 is 84.6. The first-order valence-corrected chi connectivity index (χ1v) is 10.1. The Bertz CT molecular complexity index is 1100. The third-order valence-electron chi connectivity index (χ3n) is 4.87. The van der Waals surface area contributed by atoms with Crippen LogP contribution in [0.2, 0.25) is 0 Å². The van der Waals surface area contributed by atoms with Crippen molar-refractivity contribution in [1.29, 1.82) is 0 Å². The number of carbonyl (C=O) groups excluding carboxylic acids is 3. The highest BCUT2D eigenvalue weighted by atomic mass is 19.4. The quantitative estimate of drug-likeness (QED) is 0.490. The molecule has 35 heavy (non-hydrogen) atoms. The van der Waals surface area contributed by atoms with E-state index in [1.54, 1.807) is 0 Å². The molecule has 1 aliphatic rings. The predicted molar refractivity (Wildman–Crippen MR) is 105 cm³/mol. The second-order valence-electron chi connectivity index (χ2n) is 7.62. The number of aromatic nitrogens is 2. The van der Waals surface area contributed by atoms with Crippen molar-refractivity contribution in [3.8, 4) is 0 Å². The number of rotatable bonds is 3. The van der Waals surface area contributed by atoms with Crippen LogP contribution in [0.5, 0.6) is 0 Å². The zero-order valence-electron chi connectivity index (χ0n) is 18.1. The summed E-state index contributed by atoms with van der Waals surface area (Å²) in [5, 5.41) is 4.10. The van der Waals surface area contributed by atoms with Crippen LogP contribution in [0.3, 0.4) is 0 Å². The molecule has 1 aliphatic heterocycles. The van der Waals surface area contributed by atoms with E-state index in [9.17, 15) is 40.7 Å². The summed E-state index contributed by atoms with van der Waals surface area (Å²) in [7, 11) is 0. The molecule has 0 atom stereocenters. The van der Waals surface area contributed by atoms with Crippen LogP contribution in [0.15, 0.2) is 24.3 Å². The lowest BCUT2D eigenvalue weighted by atomic mass is 10.1. The van der Waals surface area contributed by atoms with Crippen LogP contribution in [0, 0.1) is 0 Å². The van der Waals surface area contributed by atoms with Crippen LogP contribution in [0.4, 0.5) is 31.1 Å². The summed E-state index contributed by atoms with van der Waals surface area (Å²) in [5.41, 5.74) is 1.16. The van der Waals surface area contributed by atoms with Gasteiger partial charge in [-0.05, 0) is 36.2 Å². The molecule has 0 spiro atoms. The second-order valence-corrected chi connectivity index (χ2v) is 7.62. The monoisotopic (exact) mass is 507 g/mol. The van der Waals surface area contributed by atoms with Gasteiger partial charge in [-0.25, -0.2) is 4.79 Å². The van der Waals surface area contributed by atoms with Gasteiger partial charge in [0.2, 0.25) is 5.91 Å². The number of hydrogen-bond donors (Lipinski definition) is 2. The minimum Gasteiger partial charge on any atom is -0.445 e. The number of hydrazine groups is 1. The van der Waals surface area contributed by atoms with Gasteiger partial charge in [0, 0.05) is 20.0 Å². The number of hydrogen-bond acceptors (Lipinski definition) is 5. The van der Waals surface area contributed by atoms with Gasteiger partial charge in [0.25, 0.3) is 5.91 Å². The summed E-state index contributed by atoms with van der Waals surface area (Å²) >= 11 is 0. The van der Waals surface area contributed by atoms with Gasteiger partial charge in [0.15, 0.2) is 5.69 Å². The number of halogens is 6. The average Bonchev–Trinajstić information content (AvgIpc) is 3.05. The van der Waals surface area contributed by atoms with Crippen molar-refractivity contribution in [2.75, 3.05) is 6.54 Å². The number of carbonyl (C=O) groups is 3. The molecule has 2 aromatic rings. The highest BCUT2D eigenvalue weighted by molar-refractivity contribution is 5.93. The minimum absolute atomic E-state index is 0.0130. The van der Waals surface area contributed by atoms with Gasteiger partial charge in [0.05, 0.1) is 23.4 Å². The molecule has 0 saturated heterocycles. The normalized spacial score (nSPS) is 14.1. The molecular formula is C20H19F6N5O4. The minimum atomic E-state index is -5.02. The Morgan fingerprint density at radius 3 is 2.17 bits per heavy atom. The van der Waals surface area contributed by atoms with E-state index in [0.717, 1.165) is 0 Å². The molecule has 9 nitrogen and oxygen atoms in total. The SMILES string of the molecule is CC(=O)NNC(=O)c1cc2n(n1)CCCN(C(=O)OCc1cc(C(F)(F)F)cc(C(F)(F)F)c1)C2. The standard InChI is InChI=1S/C20H19F6N5O4/c1-11(32)27-28-17(33)16-8-15-9-30(3-2-4-31(15)29-16)18(34)35-10-12-5-13(19(21,22)23)7-14(6-12)20(24,25)26/h5-8H,2-4,9-10H2,1H3,(H,27,32)(H,28,33). The van der Waals surface area contributed by atoms with E-state index in [2.05, 4.69) is 16.0 Å². The molecule has 0 saturated carbocycles. The maximum atomic E-state index is 13.0. The van der Waals surface area contributed by atoms with E-state index in [1.807, 2.05) is 0 Å². The van der Waals surface area contributed by atoms with Crippen LogP contribution in [-0.2, 0) is 41.6 Å². The van der Waals surface area contributed by atoms with Crippen molar-refractivity contribution in [1.82, 2.24) is 25.5 Å². The largest absolute Gasteiger partial charge is 0.445 e. The maximum Gasteiger partial charge on any atom is 0.416 e. The van der Waals surface area contributed by atoms with E-state index < -0.39 is 53.6 Å². The van der Waals surface area contributed by atoms with Crippen molar-refractivity contribution in [2.24, 2.45) is 0 Å². The van der Waals surface area contributed by atoms with Gasteiger partial charge >= 0.3 is 18.4 Å². The number of nitrogens with zero attached hydrogens (tertiary/aromatic N) is 3. The van der Waals surface area contributed by atoms with E-state index in [4.69, 9.17) is 4.74 Å². The molecule has 190 valence electrons. The summed E-state index contributed by atoms with van der Waals surface area (Å²) in [6.45, 7) is 0.804. The molecule has 1 aromatic heterocycles. The van der Waals surface area contributed by atoms with Crippen LogP contribution >= 0.6 is 0 Å². The number of fused-ring (bicyclic) bond motifs is 1. The number of nitrogens with one attached hydrogen (secondary N) is 2. The summed E-state index contributed by atoms with van der Waals surface area (Å²) in [6, 6.07) is 2.34. The average molecular weight is 507 g/mol. The van der Waals surface area contributed by atoms with Crippen molar-refractivity contribution in [3.05, 3.63) is 52.3 Å². The molecule has 0 radical (unpaired) electrons. The maximum absolute atomic E-state index is 13.0. The lowest BCUT2D eigenvalue weighted by molar-refractivity contribution is -0.143. The van der Waals surface area contributed by atoms with Crippen molar-refractivity contribution in [2.45, 2.75) is 45.4 Å². The van der Waals surface area contributed by atoms with Gasteiger partial charge in [-0.2, -0.15) is 31.4 Å². The summed E-state index contributed by atoms with van der Waals surface area (Å²) in [4.78, 5) is 36.7. The van der Waals surface area contributed by atoms with Crippen LogP contribution < -0.4 is 10.9 Å². The molecule has 2 N–H and O–H groups in total. The van der Waals surface area contributed by atoms with E-state index in [1.165, 1.54) is 22.6 Å². The lowest BCUT2D eigenvalue weighted by Gasteiger charge is -2.20. The highest BCUT2D eigenvalue weighted by Crippen LogP contribution is 2.36. The third kappa shape index (κ3) is 6.64. The van der Waals surface area contributed by atoms with Gasteiger partial charge in [0.1, 0.15) is 6.61 Å². The first-order chi connectivity index (χ1) is 16.2. The Hall–Kier alpha value is -3.78. The van der Waals surface area contributed by atoms with Gasteiger partial charge in [-0.1, -0.05) is 0 Å². The van der Waals surface area contributed by atoms with Crippen LogP contribution in [0.25, 0.3) is 0 Å². The lowest BCUT2D eigenvalue weighted by Crippen LogP contribution is -2.40. The smallest absolute Gasteiger partial charge is 0.416 e. The molecule has 0 aliphatic carbocycles. The Kier molecular flexibility index (Phi) is 7.26. The fourth-order valence-corrected chi connectivity index (χ4v) is 3.28. The summed E-state index contributed by atoms with van der Waals surface area (Å²) in [6.07, 6.45) is -10.6. The predicted octanol–water partition coefficient (Wildman–Crippen LogP) is 3.24. The number of ether oxygens (including phenoxy) is 1. The number of aryl methyl sites for hydroxylation is 1. The number of amides is 3. The van der Waals surface area contributed by atoms with Crippen molar-refractivity contribution in [3.63, 3.8) is 0 Å². The van der Waals surface area contributed by atoms with E-state index in [-0.39, 0.29) is 24.8 Å². The van der Waals surface area contributed by atoms with Crippen molar-refractivity contribution < 1.29 is 45.5 Å². The van der Waals surface area contributed by atoms with Crippen molar-refractivity contribution >= 4 is 17.9 Å². The molecule has 0 fully saturated rings. The molecule has 2 heterocycles. The first-order valence-electron chi connectivity index (χ1n) is 10.1. The summed E-state index contributed by atoms with van der Waals surface area (Å²) in [5.74, 6) is -1.20. The molecule has 3 amide bonds. The zero-order chi connectivity index (χ0) is 26.0. The van der Waals surface area contributed by atoms with E-state index in [0.29, 0.717) is 30.8 Å². The fourth-order valence-electron chi connectivity index (χ4n) is 3.28. The molecule has 15 heteroatoms. The number of benzene rings is 1. The number of alkyl halides is 6. The Morgan fingerprint density at radius 2 is 1.60 bits per heavy atom. The molecule has 1 aromatic carbocycles. The van der Waals surface area contributed by atoms with Gasteiger partial charge < -0.3 is 9.64 Å². The molecular weight excluding hydrogens is 488 g/mol. The van der Waals surface area contributed by atoms with Gasteiger partial charge in [-0.3, -0.25) is 25.1 Å². The molecule has 3 rings (SSSR count). The van der Waals surface area contributed by atoms with Crippen LogP contribution in [-0.4, -0.2) is 39.1 Å². The molecule has 0 unspecified atom stereocenters.